The van der Waals surface area contributed by atoms with Crippen LogP contribution in [0.3, 0.4) is 0 Å². The van der Waals surface area contributed by atoms with Crippen molar-refractivity contribution < 1.29 is 23.6 Å². The number of amides is 5. The number of piperazine rings is 1. The zero-order chi connectivity index (χ0) is 22.9. The molecular formula is C22H21N5O5. The van der Waals surface area contributed by atoms with E-state index in [1.54, 1.807) is 48.2 Å². The predicted octanol–water partition coefficient (Wildman–Crippen LogP) is 0.903. The summed E-state index contributed by atoms with van der Waals surface area (Å²) in [6, 6.07) is 10.9. The second-order valence-corrected chi connectivity index (χ2v) is 7.79. The summed E-state index contributed by atoms with van der Waals surface area (Å²) in [5.74, 6) is -0.907. The first-order chi connectivity index (χ1) is 15.3. The van der Waals surface area contributed by atoms with Gasteiger partial charge in [-0.15, -0.1) is 0 Å². The summed E-state index contributed by atoms with van der Waals surface area (Å²) in [7, 11) is 0. The lowest BCUT2D eigenvalue weighted by Crippen LogP contribution is -2.53. The molecule has 2 aliphatic rings. The fourth-order valence-electron chi connectivity index (χ4n) is 3.86. The minimum atomic E-state index is -1.32. The first kappa shape index (κ1) is 21.1. The number of imide groups is 1. The molecule has 1 atom stereocenters. The standard InChI is InChI=1S/C22H21N5O5/c1-22(16-6-4-15(13-23)5-7-16)20(30)27(21(31)24-22)14-18(28)25-8-10-26(11-9-25)19(29)17-3-2-12-32-17/h2-7,12H,8-11,14H2,1H3,(H,24,31)/t22-/m0/s1. The molecule has 1 aromatic heterocycles. The quantitative estimate of drug-likeness (QED) is 0.711. The van der Waals surface area contributed by atoms with Gasteiger partial charge in [0.15, 0.2) is 5.76 Å². The molecule has 4 rings (SSSR count). The summed E-state index contributed by atoms with van der Waals surface area (Å²) in [5.41, 5.74) is -0.361. The number of nitrogens with one attached hydrogen (secondary N) is 1. The average molecular weight is 435 g/mol. The first-order valence-corrected chi connectivity index (χ1v) is 10.1. The van der Waals surface area contributed by atoms with Crippen LogP contribution < -0.4 is 5.32 Å². The van der Waals surface area contributed by atoms with Crippen LogP contribution in [-0.2, 0) is 15.1 Å². The average Bonchev–Trinajstić information content (AvgIpc) is 3.42. The Morgan fingerprint density at radius 1 is 1.09 bits per heavy atom. The van der Waals surface area contributed by atoms with Gasteiger partial charge in [-0.2, -0.15) is 5.26 Å². The van der Waals surface area contributed by atoms with Gasteiger partial charge in [-0.3, -0.25) is 19.3 Å². The Balaban J connectivity index is 1.38. The van der Waals surface area contributed by atoms with Gasteiger partial charge in [0.2, 0.25) is 5.91 Å². The van der Waals surface area contributed by atoms with E-state index in [0.29, 0.717) is 37.3 Å². The molecule has 32 heavy (non-hydrogen) atoms. The van der Waals surface area contributed by atoms with Crippen LogP contribution >= 0.6 is 0 Å². The van der Waals surface area contributed by atoms with E-state index in [2.05, 4.69) is 5.32 Å². The van der Waals surface area contributed by atoms with Crippen molar-refractivity contribution in [1.29, 1.82) is 5.26 Å². The Morgan fingerprint density at radius 2 is 1.75 bits per heavy atom. The molecule has 2 fully saturated rings. The normalized spacial score (nSPS) is 20.8. The summed E-state index contributed by atoms with van der Waals surface area (Å²) < 4.78 is 5.13. The van der Waals surface area contributed by atoms with E-state index < -0.39 is 17.5 Å². The van der Waals surface area contributed by atoms with Crippen molar-refractivity contribution in [1.82, 2.24) is 20.0 Å². The van der Waals surface area contributed by atoms with Gasteiger partial charge in [0.25, 0.3) is 11.8 Å². The molecule has 0 unspecified atom stereocenters. The largest absolute Gasteiger partial charge is 0.459 e. The number of furan rings is 1. The van der Waals surface area contributed by atoms with E-state index in [4.69, 9.17) is 9.68 Å². The van der Waals surface area contributed by atoms with Crippen molar-refractivity contribution in [2.24, 2.45) is 0 Å². The summed E-state index contributed by atoms with van der Waals surface area (Å²) in [4.78, 5) is 54.7. The van der Waals surface area contributed by atoms with Crippen LogP contribution in [0.15, 0.2) is 47.1 Å². The monoisotopic (exact) mass is 435 g/mol. The Bertz CT molecular complexity index is 1100. The van der Waals surface area contributed by atoms with Crippen LogP contribution in [0.25, 0.3) is 0 Å². The molecule has 0 bridgehead atoms. The molecule has 2 saturated heterocycles. The molecule has 0 spiro atoms. The highest BCUT2D eigenvalue weighted by atomic mass is 16.3. The fourth-order valence-corrected chi connectivity index (χ4v) is 3.86. The molecule has 3 heterocycles. The lowest BCUT2D eigenvalue weighted by atomic mass is 9.91. The van der Waals surface area contributed by atoms with E-state index in [9.17, 15) is 19.2 Å². The minimum Gasteiger partial charge on any atom is -0.459 e. The van der Waals surface area contributed by atoms with E-state index in [0.717, 1.165) is 4.90 Å². The zero-order valence-electron chi connectivity index (χ0n) is 17.4. The smallest absolute Gasteiger partial charge is 0.325 e. The molecule has 164 valence electrons. The van der Waals surface area contributed by atoms with E-state index in [1.165, 1.54) is 11.2 Å². The highest BCUT2D eigenvalue weighted by Crippen LogP contribution is 2.29. The van der Waals surface area contributed by atoms with Crippen LogP contribution in [0.1, 0.15) is 28.6 Å². The number of hydrogen-bond donors (Lipinski definition) is 1. The number of urea groups is 1. The second-order valence-electron chi connectivity index (χ2n) is 7.79. The van der Waals surface area contributed by atoms with Gasteiger partial charge in [-0.1, -0.05) is 12.1 Å². The van der Waals surface area contributed by atoms with E-state index in [1.807, 2.05) is 6.07 Å². The van der Waals surface area contributed by atoms with Crippen LogP contribution in [-0.4, -0.2) is 71.2 Å². The number of nitriles is 1. The number of nitrogens with zero attached hydrogens (tertiary/aromatic N) is 4. The highest BCUT2D eigenvalue weighted by molar-refractivity contribution is 6.09. The molecule has 0 saturated carbocycles. The third-order valence-electron chi connectivity index (χ3n) is 5.81. The Labute approximate surface area is 184 Å². The van der Waals surface area contributed by atoms with Gasteiger partial charge in [-0.25, -0.2) is 4.79 Å². The van der Waals surface area contributed by atoms with Crippen LogP contribution in [0.4, 0.5) is 4.79 Å². The lowest BCUT2D eigenvalue weighted by molar-refractivity contribution is -0.139. The van der Waals surface area contributed by atoms with Gasteiger partial charge in [0.05, 0.1) is 17.9 Å². The highest BCUT2D eigenvalue weighted by Gasteiger charge is 2.49. The van der Waals surface area contributed by atoms with Gasteiger partial charge >= 0.3 is 6.03 Å². The van der Waals surface area contributed by atoms with Crippen LogP contribution in [0.2, 0.25) is 0 Å². The van der Waals surface area contributed by atoms with E-state index >= 15 is 0 Å². The summed E-state index contributed by atoms with van der Waals surface area (Å²) in [5, 5.41) is 11.6. The van der Waals surface area contributed by atoms with Crippen molar-refractivity contribution in [2.75, 3.05) is 32.7 Å². The maximum Gasteiger partial charge on any atom is 0.325 e. The van der Waals surface area contributed by atoms with Gasteiger partial charge in [0.1, 0.15) is 12.1 Å². The third kappa shape index (κ3) is 3.69. The van der Waals surface area contributed by atoms with Gasteiger partial charge in [-0.05, 0) is 36.8 Å². The summed E-state index contributed by atoms with van der Waals surface area (Å²) in [6.07, 6.45) is 1.43. The molecule has 2 aliphatic heterocycles. The SMILES string of the molecule is C[C@@]1(c2ccc(C#N)cc2)NC(=O)N(CC(=O)N2CCN(C(=O)c3ccco3)CC2)C1=O. The first-order valence-electron chi connectivity index (χ1n) is 10.1. The van der Waals surface area contributed by atoms with E-state index in [-0.39, 0.29) is 24.1 Å². The maximum absolute atomic E-state index is 13.0. The van der Waals surface area contributed by atoms with Crippen molar-refractivity contribution in [3.63, 3.8) is 0 Å². The topological polar surface area (TPSA) is 127 Å². The maximum atomic E-state index is 13.0. The number of rotatable bonds is 4. The van der Waals surface area contributed by atoms with Crippen molar-refractivity contribution >= 4 is 23.8 Å². The van der Waals surface area contributed by atoms with Crippen LogP contribution in [0, 0.1) is 11.3 Å². The number of benzene rings is 1. The van der Waals surface area contributed by atoms with Crippen molar-refractivity contribution in [2.45, 2.75) is 12.5 Å². The zero-order valence-corrected chi connectivity index (χ0v) is 17.4. The molecule has 1 N–H and O–H groups in total. The predicted molar refractivity (Wildman–Crippen MR) is 110 cm³/mol. The third-order valence-corrected chi connectivity index (χ3v) is 5.81. The molecule has 10 nitrogen and oxygen atoms in total. The molecule has 5 amide bonds. The molecule has 2 aromatic rings. The van der Waals surface area contributed by atoms with Gasteiger partial charge in [0, 0.05) is 26.2 Å². The number of hydrogen-bond acceptors (Lipinski definition) is 6. The van der Waals surface area contributed by atoms with Crippen molar-refractivity contribution in [3.05, 3.63) is 59.5 Å². The van der Waals surface area contributed by atoms with Crippen LogP contribution in [0.5, 0.6) is 0 Å². The summed E-state index contributed by atoms with van der Waals surface area (Å²) >= 11 is 0. The Hall–Kier alpha value is -4.13. The molecule has 1 aromatic carbocycles. The Morgan fingerprint density at radius 3 is 2.34 bits per heavy atom. The van der Waals surface area contributed by atoms with Gasteiger partial charge < -0.3 is 19.5 Å². The fraction of sp³-hybridized carbons (Fsp3) is 0.318. The summed E-state index contributed by atoms with van der Waals surface area (Å²) in [6.45, 7) is 2.42. The molecular weight excluding hydrogens is 414 g/mol. The molecule has 10 heteroatoms. The lowest BCUT2D eigenvalue weighted by Gasteiger charge is -2.34. The molecule has 0 aliphatic carbocycles. The number of carbonyl (C=O) groups excluding carboxylic acids is 4. The second kappa shape index (κ2) is 8.19. The number of carbonyl (C=O) groups is 4. The Kier molecular flexibility index (Phi) is 5.40. The minimum absolute atomic E-state index is 0.241. The van der Waals surface area contributed by atoms with Crippen molar-refractivity contribution in [3.8, 4) is 6.07 Å². The molecule has 0 radical (unpaired) electrons.